The molecule has 1 N–H and O–H groups in total. The normalized spacial score (nSPS) is 26.7. The van der Waals surface area contributed by atoms with E-state index in [4.69, 9.17) is 0 Å². The molecule has 10 heteroatoms. The zero-order chi connectivity index (χ0) is 17.4. The summed E-state index contributed by atoms with van der Waals surface area (Å²) in [5, 5.41) is 2.53. The molecule has 0 spiro atoms. The molecule has 1 atom stereocenters. The van der Waals surface area contributed by atoms with Crippen molar-refractivity contribution >= 4 is 33.6 Å². The summed E-state index contributed by atoms with van der Waals surface area (Å²) in [6.45, 7) is 4.20. The topological polar surface area (TPSA) is 121 Å². The molecule has 9 nitrogen and oxygen atoms in total. The van der Waals surface area contributed by atoms with Gasteiger partial charge in [0.1, 0.15) is 6.54 Å². The fourth-order valence-corrected chi connectivity index (χ4v) is 4.70. The molecule has 0 aromatic heterocycles. The molecule has 5 amide bonds. The van der Waals surface area contributed by atoms with E-state index in [0.29, 0.717) is 9.80 Å². The summed E-state index contributed by atoms with van der Waals surface area (Å²) < 4.78 is 23.0. The third-order valence-electron chi connectivity index (χ3n) is 3.69. The Labute approximate surface area is 133 Å². The minimum Gasteiger partial charge on any atom is -0.348 e. The van der Waals surface area contributed by atoms with Gasteiger partial charge in [0, 0.05) is 6.54 Å². The zero-order valence-corrected chi connectivity index (χ0v) is 13.4. The first-order valence-electron chi connectivity index (χ1n) is 6.88. The molecule has 0 aliphatic carbocycles. The lowest BCUT2D eigenvalue weighted by atomic mass is 10.0. The number of amides is 5. The second-order valence-electron chi connectivity index (χ2n) is 5.83. The molecule has 2 heterocycles. The quantitative estimate of drug-likeness (QED) is 0.374. The Hall–Kier alpha value is -2.23. The van der Waals surface area contributed by atoms with Crippen LogP contribution < -0.4 is 5.32 Å². The van der Waals surface area contributed by atoms with E-state index in [9.17, 15) is 27.6 Å². The Kier molecular flexibility index (Phi) is 4.29. The lowest BCUT2D eigenvalue weighted by Crippen LogP contribution is -2.51. The van der Waals surface area contributed by atoms with E-state index < -0.39 is 45.7 Å². The van der Waals surface area contributed by atoms with Crippen LogP contribution in [-0.2, 0) is 24.2 Å². The summed E-state index contributed by atoms with van der Waals surface area (Å²) in [5.41, 5.74) is -0.938. The second-order valence-corrected chi connectivity index (χ2v) is 8.01. The Morgan fingerprint density at radius 1 is 1.30 bits per heavy atom. The molecule has 0 aromatic rings. The van der Waals surface area contributed by atoms with Gasteiger partial charge in [-0.15, -0.1) is 6.58 Å². The summed E-state index contributed by atoms with van der Waals surface area (Å²) in [4.78, 5) is 48.6. The van der Waals surface area contributed by atoms with E-state index >= 15 is 0 Å². The predicted molar refractivity (Wildman–Crippen MR) is 78.8 cm³/mol. The number of nitrogens with one attached hydrogen (secondary N) is 1. The number of rotatable bonds is 5. The number of imide groups is 2. The van der Waals surface area contributed by atoms with Gasteiger partial charge in [0.15, 0.2) is 9.84 Å². The van der Waals surface area contributed by atoms with Crippen molar-refractivity contribution in [3.63, 3.8) is 0 Å². The number of urea groups is 1. The monoisotopic (exact) mass is 343 g/mol. The van der Waals surface area contributed by atoms with E-state index in [1.165, 1.54) is 6.08 Å². The van der Waals surface area contributed by atoms with Crippen molar-refractivity contribution in [3.8, 4) is 0 Å². The van der Waals surface area contributed by atoms with E-state index in [0.717, 1.165) is 0 Å². The molecule has 0 aromatic carbocycles. The molecular formula is C13H17N3O6S. The Morgan fingerprint density at radius 2 is 1.91 bits per heavy atom. The summed E-state index contributed by atoms with van der Waals surface area (Å²) in [7, 11) is -3.21. The van der Waals surface area contributed by atoms with Crippen LogP contribution in [-0.4, -0.2) is 72.1 Å². The lowest BCUT2D eigenvalue weighted by molar-refractivity contribution is -0.143. The van der Waals surface area contributed by atoms with E-state index in [1.54, 1.807) is 6.92 Å². The van der Waals surface area contributed by atoms with E-state index in [2.05, 4.69) is 11.9 Å². The summed E-state index contributed by atoms with van der Waals surface area (Å²) in [5.74, 6) is -3.03. The zero-order valence-electron chi connectivity index (χ0n) is 12.6. The number of hydrogen-bond donors (Lipinski definition) is 1. The number of sulfone groups is 1. The van der Waals surface area contributed by atoms with Crippen LogP contribution in [0.25, 0.3) is 0 Å². The number of carbonyl (C=O) groups is 4. The maximum atomic E-state index is 12.0. The molecule has 0 saturated carbocycles. The van der Waals surface area contributed by atoms with Gasteiger partial charge in [0.2, 0.25) is 5.91 Å². The van der Waals surface area contributed by atoms with Gasteiger partial charge in [-0.25, -0.2) is 18.1 Å². The molecule has 2 saturated heterocycles. The van der Waals surface area contributed by atoms with Crippen LogP contribution in [0.5, 0.6) is 0 Å². The third kappa shape index (κ3) is 3.41. The summed E-state index contributed by atoms with van der Waals surface area (Å²) in [6, 6.07) is -0.890. The van der Waals surface area contributed by atoms with Crippen LogP contribution in [0.1, 0.15) is 13.3 Å². The average Bonchev–Trinajstić information content (AvgIpc) is 2.82. The highest BCUT2D eigenvalue weighted by Crippen LogP contribution is 2.23. The van der Waals surface area contributed by atoms with Gasteiger partial charge in [-0.05, 0) is 13.3 Å². The maximum absolute atomic E-state index is 12.0. The van der Waals surface area contributed by atoms with Gasteiger partial charge >= 0.3 is 17.8 Å². The van der Waals surface area contributed by atoms with Crippen molar-refractivity contribution < 1.29 is 27.6 Å². The fraction of sp³-hybridized carbons (Fsp3) is 0.538. The van der Waals surface area contributed by atoms with Crippen molar-refractivity contribution in [1.29, 1.82) is 0 Å². The molecule has 0 bridgehead atoms. The largest absolute Gasteiger partial charge is 0.348 e. The smallest absolute Gasteiger partial charge is 0.335 e. The number of nitrogens with zero attached hydrogens (tertiary/aromatic N) is 2. The minimum atomic E-state index is -3.21. The summed E-state index contributed by atoms with van der Waals surface area (Å²) in [6.07, 6.45) is 1.54. The molecule has 23 heavy (non-hydrogen) atoms. The predicted octanol–water partition coefficient (Wildman–Crippen LogP) is -1.34. The fourth-order valence-electron chi connectivity index (χ4n) is 2.61. The van der Waals surface area contributed by atoms with Crippen molar-refractivity contribution in [2.24, 2.45) is 0 Å². The van der Waals surface area contributed by atoms with Crippen LogP contribution in [0.3, 0.4) is 0 Å². The van der Waals surface area contributed by atoms with Crippen molar-refractivity contribution in [2.45, 2.75) is 18.9 Å². The van der Waals surface area contributed by atoms with Gasteiger partial charge in [-0.3, -0.25) is 19.3 Å². The standard InChI is InChI=1S/C13H17N3O6S/c1-3-5-15-10(18)11(19)16(12(15)20)7-9(17)14-13(2)4-6-23(21,22)8-13/h3H,1,4-8H2,2H3,(H,14,17)/t13-/m1/s1. The third-order valence-corrected chi connectivity index (χ3v) is 5.60. The average molecular weight is 343 g/mol. The molecule has 126 valence electrons. The molecular weight excluding hydrogens is 326 g/mol. The van der Waals surface area contributed by atoms with Crippen LogP contribution in [0, 0.1) is 0 Å². The van der Waals surface area contributed by atoms with Crippen LogP contribution in [0.4, 0.5) is 4.79 Å². The van der Waals surface area contributed by atoms with Crippen LogP contribution in [0.15, 0.2) is 12.7 Å². The highest BCUT2D eigenvalue weighted by atomic mass is 32.2. The Morgan fingerprint density at radius 3 is 2.43 bits per heavy atom. The van der Waals surface area contributed by atoms with Gasteiger partial charge in [0.05, 0.1) is 17.0 Å². The van der Waals surface area contributed by atoms with Gasteiger partial charge < -0.3 is 5.32 Å². The van der Waals surface area contributed by atoms with Crippen molar-refractivity contribution in [2.75, 3.05) is 24.6 Å². The number of carbonyl (C=O) groups excluding carboxylic acids is 4. The van der Waals surface area contributed by atoms with Crippen LogP contribution >= 0.6 is 0 Å². The molecule has 0 radical (unpaired) electrons. The van der Waals surface area contributed by atoms with Gasteiger partial charge in [0.25, 0.3) is 0 Å². The van der Waals surface area contributed by atoms with Crippen molar-refractivity contribution in [1.82, 2.24) is 15.1 Å². The molecule has 2 aliphatic rings. The Bertz CT molecular complexity index is 700. The minimum absolute atomic E-state index is 0.0308. The lowest BCUT2D eigenvalue weighted by Gasteiger charge is -2.25. The SMILES string of the molecule is C=CCN1C(=O)C(=O)N(CC(=O)N[C@]2(C)CCS(=O)(=O)C2)C1=O. The maximum Gasteiger partial charge on any atom is 0.335 e. The van der Waals surface area contributed by atoms with E-state index in [1.807, 2.05) is 0 Å². The molecule has 2 rings (SSSR count). The second kappa shape index (κ2) is 5.76. The van der Waals surface area contributed by atoms with Gasteiger partial charge in [-0.2, -0.15) is 0 Å². The van der Waals surface area contributed by atoms with Crippen LogP contribution in [0.2, 0.25) is 0 Å². The van der Waals surface area contributed by atoms with E-state index in [-0.39, 0.29) is 24.5 Å². The van der Waals surface area contributed by atoms with Gasteiger partial charge in [-0.1, -0.05) is 6.08 Å². The molecule has 2 fully saturated rings. The van der Waals surface area contributed by atoms with Crippen molar-refractivity contribution in [3.05, 3.63) is 12.7 Å². The first-order valence-corrected chi connectivity index (χ1v) is 8.70. The molecule has 0 unspecified atom stereocenters. The first-order chi connectivity index (χ1) is 10.6. The first kappa shape index (κ1) is 17.1. The Balaban J connectivity index is 2.03. The highest BCUT2D eigenvalue weighted by molar-refractivity contribution is 7.91. The number of hydrogen-bond acceptors (Lipinski definition) is 6. The molecule has 2 aliphatic heterocycles. The highest BCUT2D eigenvalue weighted by Gasteiger charge is 2.45. The summed E-state index contributed by atoms with van der Waals surface area (Å²) >= 11 is 0.